The number of carbonyl (C=O) groups excluding carboxylic acids is 2. The van der Waals surface area contributed by atoms with Crippen molar-refractivity contribution in [2.75, 3.05) is 14.2 Å². The fraction of sp³-hybridized carbons (Fsp3) is 0.818. The first-order chi connectivity index (χ1) is 7.17. The van der Waals surface area contributed by atoms with Crippen LogP contribution in [0.1, 0.15) is 25.7 Å². The van der Waals surface area contributed by atoms with Crippen LogP contribution >= 0.6 is 0 Å². The van der Waals surface area contributed by atoms with E-state index in [-0.39, 0.29) is 29.2 Å². The second-order valence-electron chi connectivity index (χ2n) is 4.44. The van der Waals surface area contributed by atoms with Gasteiger partial charge in [-0.2, -0.15) is 0 Å². The van der Waals surface area contributed by atoms with E-state index < -0.39 is 0 Å². The lowest BCUT2D eigenvalue weighted by Crippen LogP contribution is -2.10. The van der Waals surface area contributed by atoms with Gasteiger partial charge in [-0.3, -0.25) is 9.59 Å². The Labute approximate surface area is 88.9 Å². The van der Waals surface area contributed by atoms with E-state index in [9.17, 15) is 9.59 Å². The molecule has 0 amide bonds. The lowest BCUT2D eigenvalue weighted by molar-refractivity contribution is -0.148. The van der Waals surface area contributed by atoms with Gasteiger partial charge in [-0.05, 0) is 18.3 Å². The molecule has 0 bridgehead atoms. The SMILES string of the molecule is COC(=O)[C@@H]1[C@@H](C(=O)OC)C12CCCC2. The molecular weight excluding hydrogens is 196 g/mol. The lowest BCUT2D eigenvalue weighted by atomic mass is 10.0. The van der Waals surface area contributed by atoms with Crippen LogP contribution in [-0.2, 0) is 19.1 Å². The maximum absolute atomic E-state index is 11.5. The minimum atomic E-state index is -0.257. The molecule has 2 aliphatic rings. The minimum absolute atomic E-state index is 0.125. The summed E-state index contributed by atoms with van der Waals surface area (Å²) in [5.74, 6) is -1.02. The van der Waals surface area contributed by atoms with Crippen LogP contribution in [0.5, 0.6) is 0 Å². The largest absolute Gasteiger partial charge is 0.469 e. The second-order valence-corrected chi connectivity index (χ2v) is 4.44. The molecule has 0 aromatic heterocycles. The minimum Gasteiger partial charge on any atom is -0.469 e. The molecule has 1 spiro atoms. The van der Waals surface area contributed by atoms with E-state index in [2.05, 4.69) is 0 Å². The van der Waals surface area contributed by atoms with Crippen LogP contribution in [0.2, 0.25) is 0 Å². The molecule has 84 valence electrons. The van der Waals surface area contributed by atoms with E-state index in [0.717, 1.165) is 25.7 Å². The second kappa shape index (κ2) is 3.51. The van der Waals surface area contributed by atoms with Gasteiger partial charge in [0, 0.05) is 0 Å². The molecule has 0 radical (unpaired) electrons. The van der Waals surface area contributed by atoms with Gasteiger partial charge in [0.15, 0.2) is 0 Å². The molecule has 0 heterocycles. The summed E-state index contributed by atoms with van der Waals surface area (Å²) in [6.45, 7) is 0. The molecule has 0 N–H and O–H groups in total. The predicted molar refractivity (Wildman–Crippen MR) is 51.9 cm³/mol. The van der Waals surface area contributed by atoms with Gasteiger partial charge in [-0.15, -0.1) is 0 Å². The van der Waals surface area contributed by atoms with Crippen LogP contribution in [-0.4, -0.2) is 26.2 Å². The Bertz CT molecular complexity index is 267. The van der Waals surface area contributed by atoms with Gasteiger partial charge in [0.1, 0.15) is 0 Å². The van der Waals surface area contributed by atoms with Gasteiger partial charge >= 0.3 is 11.9 Å². The summed E-state index contributed by atoms with van der Waals surface area (Å²) >= 11 is 0. The highest BCUT2D eigenvalue weighted by molar-refractivity contribution is 5.89. The standard InChI is InChI=1S/C11H16O4/c1-14-9(12)7-8(10(13)15-2)11(7)5-3-4-6-11/h7-8H,3-6H2,1-2H3/t7-,8-/m0/s1. The lowest BCUT2D eigenvalue weighted by Gasteiger charge is -2.06. The van der Waals surface area contributed by atoms with Crippen molar-refractivity contribution in [1.29, 1.82) is 0 Å². The first-order valence-corrected chi connectivity index (χ1v) is 5.33. The van der Waals surface area contributed by atoms with Gasteiger partial charge in [0.25, 0.3) is 0 Å². The summed E-state index contributed by atoms with van der Waals surface area (Å²) in [7, 11) is 2.75. The molecule has 4 nitrogen and oxygen atoms in total. The van der Waals surface area contributed by atoms with Crippen molar-refractivity contribution < 1.29 is 19.1 Å². The number of hydrogen-bond donors (Lipinski definition) is 0. The zero-order valence-electron chi connectivity index (χ0n) is 9.12. The van der Waals surface area contributed by atoms with Gasteiger partial charge in [-0.1, -0.05) is 12.8 Å². The highest BCUT2D eigenvalue weighted by atomic mass is 16.5. The summed E-state index contributed by atoms with van der Waals surface area (Å²) in [5, 5.41) is 0. The monoisotopic (exact) mass is 212 g/mol. The first-order valence-electron chi connectivity index (χ1n) is 5.33. The topological polar surface area (TPSA) is 52.6 Å². The van der Waals surface area contributed by atoms with E-state index in [1.807, 2.05) is 0 Å². The Balaban J connectivity index is 2.16. The van der Waals surface area contributed by atoms with Crippen molar-refractivity contribution in [3.8, 4) is 0 Å². The summed E-state index contributed by atoms with van der Waals surface area (Å²) in [6, 6.07) is 0. The zero-order chi connectivity index (χ0) is 11.1. The molecule has 2 atom stereocenters. The maximum atomic E-state index is 11.5. The van der Waals surface area contributed by atoms with Crippen LogP contribution in [0.15, 0.2) is 0 Å². The van der Waals surface area contributed by atoms with E-state index in [4.69, 9.17) is 9.47 Å². The van der Waals surface area contributed by atoms with Crippen LogP contribution in [0, 0.1) is 17.3 Å². The summed E-state index contributed by atoms with van der Waals surface area (Å²) in [5.41, 5.74) is -0.125. The van der Waals surface area contributed by atoms with Gasteiger partial charge in [0.05, 0.1) is 26.1 Å². The third-order valence-electron chi connectivity index (χ3n) is 3.91. The molecule has 0 aromatic rings. The Morgan fingerprint density at radius 1 is 1.00 bits per heavy atom. The highest BCUT2D eigenvalue weighted by Gasteiger charge is 2.72. The third kappa shape index (κ3) is 1.34. The third-order valence-corrected chi connectivity index (χ3v) is 3.91. The number of rotatable bonds is 2. The molecule has 0 aliphatic heterocycles. The predicted octanol–water partition coefficient (Wildman–Crippen LogP) is 1.14. The average Bonchev–Trinajstić information content (AvgIpc) is 2.63. The average molecular weight is 212 g/mol. The molecule has 2 fully saturated rings. The van der Waals surface area contributed by atoms with Crippen molar-refractivity contribution >= 4 is 11.9 Å². The quantitative estimate of drug-likeness (QED) is 0.644. The zero-order valence-corrected chi connectivity index (χ0v) is 9.12. The van der Waals surface area contributed by atoms with Crippen molar-refractivity contribution in [3.05, 3.63) is 0 Å². The normalized spacial score (nSPS) is 31.3. The summed E-state index contributed by atoms with van der Waals surface area (Å²) < 4.78 is 9.48. The van der Waals surface area contributed by atoms with Crippen LogP contribution < -0.4 is 0 Å². The molecule has 2 rings (SSSR count). The number of esters is 2. The summed E-state index contributed by atoms with van der Waals surface area (Å²) in [4.78, 5) is 23.1. The molecule has 2 saturated carbocycles. The maximum Gasteiger partial charge on any atom is 0.310 e. The number of hydrogen-bond acceptors (Lipinski definition) is 4. The number of ether oxygens (including phenoxy) is 2. The smallest absolute Gasteiger partial charge is 0.310 e. The van der Waals surface area contributed by atoms with Gasteiger partial charge < -0.3 is 9.47 Å². The van der Waals surface area contributed by atoms with Crippen molar-refractivity contribution in [3.63, 3.8) is 0 Å². The molecule has 4 heteroatoms. The highest BCUT2D eigenvalue weighted by Crippen LogP contribution is 2.68. The van der Waals surface area contributed by atoms with E-state index >= 15 is 0 Å². The van der Waals surface area contributed by atoms with E-state index in [1.165, 1.54) is 14.2 Å². The Kier molecular flexibility index (Phi) is 2.44. The van der Waals surface area contributed by atoms with Gasteiger partial charge in [0.2, 0.25) is 0 Å². The number of methoxy groups -OCH3 is 2. The fourth-order valence-corrected chi connectivity index (χ4v) is 3.14. The van der Waals surface area contributed by atoms with Gasteiger partial charge in [-0.25, -0.2) is 0 Å². The van der Waals surface area contributed by atoms with Crippen molar-refractivity contribution in [2.45, 2.75) is 25.7 Å². The molecular formula is C11H16O4. The molecule has 0 aromatic carbocycles. The van der Waals surface area contributed by atoms with E-state index in [1.54, 1.807) is 0 Å². The van der Waals surface area contributed by atoms with Crippen molar-refractivity contribution in [1.82, 2.24) is 0 Å². The first kappa shape index (κ1) is 10.5. The van der Waals surface area contributed by atoms with Crippen LogP contribution in [0.25, 0.3) is 0 Å². The fourth-order valence-electron chi connectivity index (χ4n) is 3.14. The molecule has 2 aliphatic carbocycles. The van der Waals surface area contributed by atoms with Crippen LogP contribution in [0.3, 0.4) is 0 Å². The molecule has 0 saturated heterocycles. The van der Waals surface area contributed by atoms with E-state index in [0.29, 0.717) is 0 Å². The Morgan fingerprint density at radius 3 is 1.73 bits per heavy atom. The van der Waals surface area contributed by atoms with Crippen LogP contribution in [0.4, 0.5) is 0 Å². The Morgan fingerprint density at radius 2 is 1.40 bits per heavy atom. The van der Waals surface area contributed by atoms with Crippen molar-refractivity contribution in [2.24, 2.45) is 17.3 Å². The molecule has 0 unspecified atom stereocenters. The summed E-state index contributed by atoms with van der Waals surface area (Å²) in [6.07, 6.45) is 4.10. The number of carbonyl (C=O) groups is 2. The molecule has 15 heavy (non-hydrogen) atoms. The Hall–Kier alpha value is -1.06.